The Morgan fingerprint density at radius 1 is 1.13 bits per heavy atom. The van der Waals surface area contributed by atoms with Crippen LogP contribution in [0, 0.1) is 11.7 Å². The maximum atomic E-state index is 15.3. The Morgan fingerprint density at radius 3 is 2.56 bits per heavy atom. The number of hydrogen-bond donors (Lipinski definition) is 6. The maximum Gasteiger partial charge on any atom is 0.405 e. The highest BCUT2D eigenvalue weighted by molar-refractivity contribution is 8.22. The molecular weight excluding hydrogens is 623 g/mol. The van der Waals surface area contributed by atoms with Crippen molar-refractivity contribution in [2.75, 3.05) is 31.3 Å². The van der Waals surface area contributed by atoms with Crippen LogP contribution in [0.15, 0.2) is 42.5 Å². The second-order valence-electron chi connectivity index (χ2n) is 12.4. The second kappa shape index (κ2) is 15.0. The number of rotatable bonds is 10. The number of carbonyl (C=O) groups is 2. The second-order valence-corrected chi connectivity index (χ2v) is 15.0. The van der Waals surface area contributed by atoms with Gasteiger partial charge in [0.1, 0.15) is 11.9 Å². The van der Waals surface area contributed by atoms with Crippen molar-refractivity contribution < 1.29 is 32.9 Å². The quantitative estimate of drug-likeness (QED) is 0.179. The summed E-state index contributed by atoms with van der Waals surface area (Å²) in [5.41, 5.74) is 1.34. The van der Waals surface area contributed by atoms with E-state index in [2.05, 4.69) is 16.0 Å². The van der Waals surface area contributed by atoms with Gasteiger partial charge in [-0.1, -0.05) is 29.8 Å². The molecule has 3 fully saturated rings. The summed E-state index contributed by atoms with van der Waals surface area (Å²) < 4.78 is 44.3. The molecule has 3 aliphatic rings. The minimum atomic E-state index is -2.91. The lowest BCUT2D eigenvalue weighted by atomic mass is 9.72. The number of ether oxygens (including phenoxy) is 1. The van der Waals surface area contributed by atoms with E-state index < -0.39 is 40.6 Å². The van der Waals surface area contributed by atoms with Crippen LogP contribution in [0.3, 0.4) is 0 Å². The Bertz CT molecular complexity index is 1330. The summed E-state index contributed by atoms with van der Waals surface area (Å²) in [4.78, 5) is 26.1. The summed E-state index contributed by atoms with van der Waals surface area (Å²) in [6.45, 7) is 1.07. The molecule has 2 bridgehead atoms. The van der Waals surface area contributed by atoms with Crippen molar-refractivity contribution in [3.8, 4) is 0 Å². The van der Waals surface area contributed by atoms with Crippen LogP contribution >= 0.6 is 22.4 Å². The zero-order chi connectivity index (χ0) is 32.1. The van der Waals surface area contributed by atoms with E-state index in [0.29, 0.717) is 30.3 Å². The third-order valence-electron chi connectivity index (χ3n) is 9.64. The van der Waals surface area contributed by atoms with Gasteiger partial charge < -0.3 is 25.8 Å². The van der Waals surface area contributed by atoms with Crippen molar-refractivity contribution >= 4 is 40.1 Å². The van der Waals surface area contributed by atoms with E-state index in [1.54, 1.807) is 29.6 Å². The molecule has 2 aliphatic heterocycles. The Balaban J connectivity index is 1.38. The van der Waals surface area contributed by atoms with E-state index in [1.807, 2.05) is 12.1 Å². The molecule has 0 radical (unpaired) electrons. The van der Waals surface area contributed by atoms with E-state index in [9.17, 15) is 23.8 Å². The monoisotopic (exact) mass is 666 g/mol. The molecule has 1 unspecified atom stereocenters. The number of piperazine rings is 1. The van der Waals surface area contributed by atoms with Gasteiger partial charge >= 0.3 is 6.09 Å². The molecule has 2 amide bonds. The smallest absolute Gasteiger partial charge is 0.405 e. The Kier molecular flexibility index (Phi) is 11.3. The minimum Gasteiger partial charge on any atom is -0.465 e. The zero-order valence-corrected chi connectivity index (χ0v) is 27.0. The topological polar surface area (TPSA) is 143 Å². The summed E-state index contributed by atoms with van der Waals surface area (Å²) >= 11 is 6.17. The summed E-state index contributed by atoms with van der Waals surface area (Å²) in [5, 5.41) is 19.2. The first-order chi connectivity index (χ1) is 21.6. The first kappa shape index (κ1) is 33.9. The summed E-state index contributed by atoms with van der Waals surface area (Å²) in [5.74, 6) is -1.26. The van der Waals surface area contributed by atoms with Gasteiger partial charge in [-0.25, -0.2) is 13.5 Å². The normalized spacial score (nSPS) is 28.2. The Hall–Kier alpha value is -2.45. The molecule has 2 heterocycles. The molecule has 13 heteroatoms. The molecule has 10 nitrogen and oxygen atoms in total. The number of nitrogens with zero attached hydrogens (tertiary/aromatic N) is 1. The van der Waals surface area contributed by atoms with E-state index in [0.717, 1.165) is 44.1 Å². The molecular formula is C32H44ClFN4O6S. The van der Waals surface area contributed by atoms with Crippen molar-refractivity contribution in [2.45, 2.75) is 81.5 Å². The predicted molar refractivity (Wildman–Crippen MR) is 174 cm³/mol. The number of nitrogens with one attached hydrogen (secondary N) is 3. The van der Waals surface area contributed by atoms with Crippen LogP contribution in [0.1, 0.15) is 62.0 Å². The predicted octanol–water partition coefficient (Wildman–Crippen LogP) is 6.08. The van der Waals surface area contributed by atoms with Gasteiger partial charge in [0.15, 0.2) is 0 Å². The number of fused-ring (bicyclic) bond motifs is 2. The van der Waals surface area contributed by atoms with Crippen molar-refractivity contribution in [1.29, 1.82) is 0 Å². The minimum absolute atomic E-state index is 0.0110. The molecule has 2 saturated heterocycles. The third kappa shape index (κ3) is 8.29. The molecule has 6 N–H and O–H groups in total. The first-order valence-corrected chi connectivity index (χ1v) is 17.7. The number of benzene rings is 2. The van der Waals surface area contributed by atoms with Gasteiger partial charge in [-0.2, -0.15) is 0 Å². The standard InChI is InChI=1S/C32H44ClFN4O6S/c1-44-25-14-9-21(10-15-25)29(20-7-11-22(33)12-8-20)30(37-32(40)41)31(39)36-28-6-2-5-27(34)26(28)16-13-24-18-35-23-4-3-17-45(42,43)38(24)19-23/h2,5-8,11-12,21,23-25,29-30,35,37,42-43H,3-4,9-10,13-19H2,1H3,(H,36,39)(H,40,41)/t21?,23-,24+,25?,29+,30+/m1/s1. The molecule has 5 rings (SSSR count). The average molecular weight is 667 g/mol. The van der Waals surface area contributed by atoms with E-state index in [-0.39, 0.29) is 41.8 Å². The summed E-state index contributed by atoms with van der Waals surface area (Å²) in [7, 11) is -1.23. The Morgan fingerprint density at radius 2 is 1.87 bits per heavy atom. The zero-order valence-electron chi connectivity index (χ0n) is 25.5. The number of carboxylic acid groups (broad SMARTS) is 1. The van der Waals surface area contributed by atoms with Gasteiger partial charge in [-0.15, -0.1) is 10.8 Å². The average Bonchev–Trinajstić information content (AvgIpc) is 3.13. The highest BCUT2D eigenvalue weighted by Gasteiger charge is 2.40. The van der Waals surface area contributed by atoms with Crippen LogP contribution in [0.2, 0.25) is 5.02 Å². The van der Waals surface area contributed by atoms with Crippen LogP contribution in [-0.4, -0.2) is 80.7 Å². The summed E-state index contributed by atoms with van der Waals surface area (Å²) in [6.07, 6.45) is 4.13. The molecule has 2 aromatic rings. The van der Waals surface area contributed by atoms with E-state index in [4.69, 9.17) is 16.3 Å². The van der Waals surface area contributed by atoms with Gasteiger partial charge in [0, 0.05) is 54.5 Å². The molecule has 248 valence electrons. The number of hydrogen-bond acceptors (Lipinski definition) is 7. The van der Waals surface area contributed by atoms with Crippen LogP contribution in [0.4, 0.5) is 14.9 Å². The van der Waals surface area contributed by atoms with Gasteiger partial charge in [-0.3, -0.25) is 13.9 Å². The number of anilines is 1. The van der Waals surface area contributed by atoms with Gasteiger partial charge in [0.05, 0.1) is 11.9 Å². The van der Waals surface area contributed by atoms with E-state index in [1.165, 1.54) is 12.1 Å². The van der Waals surface area contributed by atoms with E-state index >= 15 is 4.39 Å². The largest absolute Gasteiger partial charge is 0.465 e. The molecule has 1 aliphatic carbocycles. The SMILES string of the molecule is COC1CCC([C@H](c2ccc(Cl)cc2)[C@H](NC(=O)O)C(=O)Nc2cccc(F)c2CC[C@H]2CN[C@@H]3CCCS(O)(O)N2C3)CC1. The molecule has 45 heavy (non-hydrogen) atoms. The lowest BCUT2D eigenvalue weighted by Crippen LogP contribution is -2.55. The fourth-order valence-electron chi connectivity index (χ4n) is 7.28. The number of amides is 2. The van der Waals surface area contributed by atoms with Gasteiger partial charge in [0.25, 0.3) is 0 Å². The highest BCUT2D eigenvalue weighted by atomic mass is 35.5. The van der Waals surface area contributed by atoms with Gasteiger partial charge in [-0.05, 0) is 87.1 Å². The van der Waals surface area contributed by atoms with Crippen molar-refractivity contribution in [2.24, 2.45) is 5.92 Å². The van der Waals surface area contributed by atoms with Crippen LogP contribution in [0.25, 0.3) is 0 Å². The molecule has 2 aromatic carbocycles. The lowest BCUT2D eigenvalue weighted by Gasteiger charge is -2.49. The number of halogens is 2. The molecule has 0 aromatic heterocycles. The van der Waals surface area contributed by atoms with Crippen LogP contribution in [-0.2, 0) is 16.0 Å². The fourth-order valence-corrected chi connectivity index (χ4v) is 9.27. The fraction of sp³-hybridized carbons (Fsp3) is 0.562. The Labute approximate surface area is 270 Å². The molecule has 0 spiro atoms. The third-order valence-corrected chi connectivity index (χ3v) is 11.9. The highest BCUT2D eigenvalue weighted by Crippen LogP contribution is 2.49. The number of methoxy groups -OCH3 is 1. The maximum absolute atomic E-state index is 15.3. The van der Waals surface area contributed by atoms with Gasteiger partial charge in [0.2, 0.25) is 5.91 Å². The number of carbonyl (C=O) groups excluding carboxylic acids is 1. The van der Waals surface area contributed by atoms with Crippen molar-refractivity contribution in [3.05, 3.63) is 64.4 Å². The molecule has 1 saturated carbocycles. The lowest BCUT2D eigenvalue weighted by molar-refractivity contribution is -0.119. The molecule has 5 atom stereocenters. The first-order valence-electron chi connectivity index (χ1n) is 15.7. The van der Waals surface area contributed by atoms with Crippen molar-refractivity contribution in [3.63, 3.8) is 0 Å². The summed E-state index contributed by atoms with van der Waals surface area (Å²) in [6, 6.07) is 10.4. The van der Waals surface area contributed by atoms with Crippen LogP contribution < -0.4 is 16.0 Å². The van der Waals surface area contributed by atoms with Crippen molar-refractivity contribution in [1.82, 2.24) is 14.9 Å². The van der Waals surface area contributed by atoms with Crippen LogP contribution in [0.5, 0.6) is 0 Å².